The lowest BCUT2D eigenvalue weighted by atomic mass is 9.90. The summed E-state index contributed by atoms with van der Waals surface area (Å²) in [5, 5.41) is 0. The topological polar surface area (TPSA) is 35.2 Å². The summed E-state index contributed by atoms with van der Waals surface area (Å²) in [7, 11) is 0. The zero-order chi connectivity index (χ0) is 13.9. The summed E-state index contributed by atoms with van der Waals surface area (Å²) in [6.07, 6.45) is 2.00. The van der Waals surface area contributed by atoms with E-state index in [1.54, 1.807) is 0 Å². The van der Waals surface area contributed by atoms with Crippen molar-refractivity contribution in [3.05, 3.63) is 70.8 Å². The second-order valence-electron chi connectivity index (χ2n) is 5.36. The second kappa shape index (κ2) is 5.78. The van der Waals surface area contributed by atoms with Crippen molar-refractivity contribution in [1.82, 2.24) is 0 Å². The maximum atomic E-state index is 6.45. The van der Waals surface area contributed by atoms with Gasteiger partial charge in [0.05, 0.1) is 12.6 Å². The van der Waals surface area contributed by atoms with Gasteiger partial charge >= 0.3 is 0 Å². The van der Waals surface area contributed by atoms with E-state index in [1.165, 1.54) is 16.7 Å². The fourth-order valence-electron chi connectivity index (χ4n) is 2.87. The third-order valence-corrected chi connectivity index (χ3v) is 4.13. The third kappa shape index (κ3) is 2.49. The predicted molar refractivity (Wildman–Crippen MR) is 81.6 cm³/mol. The van der Waals surface area contributed by atoms with E-state index in [-0.39, 0.29) is 12.1 Å². The Hall–Kier alpha value is -1.64. The quantitative estimate of drug-likeness (QED) is 0.922. The van der Waals surface area contributed by atoms with Crippen LogP contribution in [0.25, 0.3) is 0 Å². The van der Waals surface area contributed by atoms with Gasteiger partial charge in [0.1, 0.15) is 6.10 Å². The van der Waals surface area contributed by atoms with Crippen molar-refractivity contribution in [2.24, 2.45) is 5.73 Å². The highest BCUT2D eigenvalue weighted by Gasteiger charge is 2.27. The largest absolute Gasteiger partial charge is 0.371 e. The van der Waals surface area contributed by atoms with Crippen molar-refractivity contribution in [2.75, 3.05) is 6.61 Å². The number of rotatable bonds is 3. The molecule has 1 aliphatic rings. The Morgan fingerprint density at radius 2 is 1.90 bits per heavy atom. The molecule has 0 fully saturated rings. The van der Waals surface area contributed by atoms with Crippen LogP contribution in [0.3, 0.4) is 0 Å². The molecule has 2 N–H and O–H groups in total. The fourth-order valence-corrected chi connectivity index (χ4v) is 2.87. The van der Waals surface area contributed by atoms with Crippen molar-refractivity contribution in [1.29, 1.82) is 0 Å². The normalized spacial score (nSPS) is 19.4. The summed E-state index contributed by atoms with van der Waals surface area (Å²) in [5.74, 6) is 0. The number of hydrogen-bond acceptors (Lipinski definition) is 2. The van der Waals surface area contributed by atoms with Gasteiger partial charge in [-0.05, 0) is 35.1 Å². The van der Waals surface area contributed by atoms with Gasteiger partial charge in [-0.2, -0.15) is 0 Å². The lowest BCUT2D eigenvalue weighted by Crippen LogP contribution is -2.27. The second-order valence-corrected chi connectivity index (χ2v) is 5.36. The van der Waals surface area contributed by atoms with Gasteiger partial charge in [-0.3, -0.25) is 0 Å². The number of fused-ring (bicyclic) bond motifs is 1. The van der Waals surface area contributed by atoms with Gasteiger partial charge in [-0.1, -0.05) is 55.5 Å². The maximum Gasteiger partial charge on any atom is 0.102 e. The molecule has 20 heavy (non-hydrogen) atoms. The lowest BCUT2D eigenvalue weighted by molar-refractivity contribution is 0.0241. The lowest BCUT2D eigenvalue weighted by Gasteiger charge is -2.30. The molecule has 2 aromatic carbocycles. The van der Waals surface area contributed by atoms with E-state index in [9.17, 15) is 0 Å². The minimum absolute atomic E-state index is 0.0348. The molecule has 1 heterocycles. The molecular weight excluding hydrogens is 246 g/mol. The van der Waals surface area contributed by atoms with Gasteiger partial charge in [0, 0.05) is 0 Å². The highest BCUT2D eigenvalue weighted by atomic mass is 16.5. The van der Waals surface area contributed by atoms with E-state index >= 15 is 0 Å². The van der Waals surface area contributed by atoms with Crippen molar-refractivity contribution >= 4 is 0 Å². The Kier molecular flexibility index (Phi) is 3.86. The fraction of sp³-hybridized carbons (Fsp3) is 0.333. The summed E-state index contributed by atoms with van der Waals surface area (Å²) in [6, 6.07) is 16.9. The smallest absolute Gasteiger partial charge is 0.102 e. The standard InChI is InChI=1S/C18H21NO/c1-2-13-7-9-15(10-8-13)17(19)18-16-6-4-3-5-14(16)11-12-20-18/h3-10,17-18H,2,11-12,19H2,1H3. The van der Waals surface area contributed by atoms with E-state index in [2.05, 4.69) is 55.5 Å². The Morgan fingerprint density at radius 1 is 1.15 bits per heavy atom. The number of ether oxygens (including phenoxy) is 1. The van der Waals surface area contributed by atoms with Gasteiger partial charge in [0.15, 0.2) is 0 Å². The van der Waals surface area contributed by atoms with Crippen molar-refractivity contribution in [3.8, 4) is 0 Å². The minimum Gasteiger partial charge on any atom is -0.371 e. The van der Waals surface area contributed by atoms with Crippen LogP contribution >= 0.6 is 0 Å². The van der Waals surface area contributed by atoms with Crippen LogP contribution in [0, 0.1) is 0 Å². The highest BCUT2D eigenvalue weighted by Crippen LogP contribution is 2.35. The number of nitrogens with two attached hydrogens (primary N) is 1. The van der Waals surface area contributed by atoms with Gasteiger partial charge in [-0.15, -0.1) is 0 Å². The molecule has 0 spiro atoms. The van der Waals surface area contributed by atoms with Crippen LogP contribution in [0.1, 0.15) is 41.3 Å². The van der Waals surface area contributed by atoms with Crippen LogP contribution in [-0.4, -0.2) is 6.61 Å². The molecule has 0 saturated heterocycles. The number of benzene rings is 2. The van der Waals surface area contributed by atoms with E-state index in [0.717, 1.165) is 25.0 Å². The molecule has 104 valence electrons. The molecule has 0 amide bonds. The Bertz CT molecular complexity index is 576. The average Bonchev–Trinajstić information content (AvgIpc) is 2.54. The summed E-state index contributed by atoms with van der Waals surface area (Å²) in [5.41, 5.74) is 11.5. The van der Waals surface area contributed by atoms with Crippen LogP contribution in [0.2, 0.25) is 0 Å². The van der Waals surface area contributed by atoms with Gasteiger partial charge in [0.2, 0.25) is 0 Å². The average molecular weight is 267 g/mol. The molecule has 3 rings (SSSR count). The van der Waals surface area contributed by atoms with Gasteiger partial charge in [0.25, 0.3) is 0 Å². The first-order valence-electron chi connectivity index (χ1n) is 7.33. The van der Waals surface area contributed by atoms with Crippen LogP contribution in [-0.2, 0) is 17.6 Å². The monoisotopic (exact) mass is 267 g/mol. The molecule has 2 atom stereocenters. The highest BCUT2D eigenvalue weighted by molar-refractivity contribution is 5.35. The summed E-state index contributed by atoms with van der Waals surface area (Å²) in [6.45, 7) is 2.91. The Balaban J connectivity index is 1.89. The van der Waals surface area contributed by atoms with Crippen molar-refractivity contribution in [3.63, 3.8) is 0 Å². The molecule has 0 aromatic heterocycles. The molecule has 2 heteroatoms. The predicted octanol–water partition coefficient (Wildman–Crippen LogP) is 3.56. The summed E-state index contributed by atoms with van der Waals surface area (Å²) >= 11 is 0. The van der Waals surface area contributed by atoms with E-state index in [1.807, 2.05) is 0 Å². The SMILES string of the molecule is CCc1ccc(C(N)C2OCCc3ccccc32)cc1. The van der Waals surface area contributed by atoms with Gasteiger partial charge in [-0.25, -0.2) is 0 Å². The first-order chi connectivity index (χ1) is 9.79. The molecule has 0 radical (unpaired) electrons. The number of aryl methyl sites for hydroxylation is 1. The van der Waals surface area contributed by atoms with Crippen LogP contribution in [0.4, 0.5) is 0 Å². The third-order valence-electron chi connectivity index (χ3n) is 4.13. The number of hydrogen-bond donors (Lipinski definition) is 1. The molecular formula is C18H21NO. The minimum atomic E-state index is -0.109. The molecule has 0 saturated carbocycles. The van der Waals surface area contributed by atoms with E-state index in [4.69, 9.17) is 10.5 Å². The van der Waals surface area contributed by atoms with Crippen LogP contribution < -0.4 is 5.73 Å². The first kappa shape index (κ1) is 13.3. The Morgan fingerprint density at radius 3 is 2.65 bits per heavy atom. The maximum absolute atomic E-state index is 6.45. The summed E-state index contributed by atoms with van der Waals surface area (Å²) < 4.78 is 5.95. The molecule has 0 aliphatic carbocycles. The molecule has 2 aromatic rings. The molecule has 1 aliphatic heterocycles. The molecule has 2 unspecified atom stereocenters. The Labute approximate surface area is 120 Å². The van der Waals surface area contributed by atoms with E-state index < -0.39 is 0 Å². The summed E-state index contributed by atoms with van der Waals surface area (Å²) in [4.78, 5) is 0. The van der Waals surface area contributed by atoms with E-state index in [0.29, 0.717) is 0 Å². The zero-order valence-electron chi connectivity index (χ0n) is 11.9. The zero-order valence-corrected chi connectivity index (χ0v) is 11.9. The first-order valence-corrected chi connectivity index (χ1v) is 7.33. The van der Waals surface area contributed by atoms with Gasteiger partial charge < -0.3 is 10.5 Å². The molecule has 2 nitrogen and oxygen atoms in total. The van der Waals surface area contributed by atoms with Crippen LogP contribution in [0.5, 0.6) is 0 Å². The van der Waals surface area contributed by atoms with Crippen LogP contribution in [0.15, 0.2) is 48.5 Å². The van der Waals surface area contributed by atoms with Crippen molar-refractivity contribution in [2.45, 2.75) is 31.9 Å². The van der Waals surface area contributed by atoms with Crippen molar-refractivity contribution < 1.29 is 4.74 Å². The molecule has 0 bridgehead atoms.